The van der Waals surface area contributed by atoms with Crippen LogP contribution in [0.15, 0.2) is 24.4 Å². The fourth-order valence-corrected chi connectivity index (χ4v) is 2.38. The molecule has 3 N–H and O–H groups in total. The normalized spacial score (nSPS) is 13.3. The van der Waals surface area contributed by atoms with Gasteiger partial charge in [-0.15, -0.1) is 0 Å². The highest BCUT2D eigenvalue weighted by Gasteiger charge is 2.42. The number of hydrogen-bond acceptors (Lipinski definition) is 5. The zero-order valence-electron chi connectivity index (χ0n) is 12.7. The first-order valence-electron chi connectivity index (χ1n) is 6.75. The fraction of sp³-hybridized carbons (Fsp3) is 0.333. The monoisotopic (exact) mass is 324 g/mol. The van der Waals surface area contributed by atoms with E-state index in [1.54, 1.807) is 12.3 Å². The summed E-state index contributed by atoms with van der Waals surface area (Å²) in [6, 6.07) is 4.63. The Balaban J connectivity index is 2.44. The molecular formula is C15H17FN2O5. The number of carbonyl (C=O) groups excluding carboxylic acids is 2. The lowest BCUT2D eigenvalue weighted by atomic mass is 9.91. The Morgan fingerprint density at radius 1 is 1.35 bits per heavy atom. The number of benzene rings is 1. The van der Waals surface area contributed by atoms with Crippen molar-refractivity contribution < 1.29 is 28.6 Å². The number of carbonyl (C=O) groups is 2. The van der Waals surface area contributed by atoms with Gasteiger partial charge in [-0.25, -0.2) is 14.0 Å². The van der Waals surface area contributed by atoms with Crippen molar-refractivity contribution in [3.05, 3.63) is 30.0 Å². The van der Waals surface area contributed by atoms with Gasteiger partial charge in [-0.2, -0.15) is 0 Å². The first-order valence-corrected chi connectivity index (χ1v) is 6.75. The lowest BCUT2D eigenvalue weighted by molar-refractivity contribution is -0.149. The number of esters is 1. The number of aromatic amines is 1. The molecule has 1 atom stereocenters. The van der Waals surface area contributed by atoms with Crippen molar-refractivity contribution in [3.63, 3.8) is 0 Å². The number of methoxy groups -OCH3 is 2. The molecule has 0 radical (unpaired) electrons. The number of alkyl halides is 1. The lowest BCUT2D eigenvalue weighted by Crippen LogP contribution is -2.58. The highest BCUT2D eigenvalue weighted by molar-refractivity contribution is 5.89. The molecule has 1 heterocycles. The number of aromatic nitrogens is 1. The van der Waals surface area contributed by atoms with E-state index in [9.17, 15) is 19.1 Å². The van der Waals surface area contributed by atoms with E-state index in [0.717, 1.165) is 14.2 Å². The lowest BCUT2D eigenvalue weighted by Gasteiger charge is -2.28. The minimum absolute atomic E-state index is 0.0307. The molecule has 0 aliphatic carbocycles. The molecule has 1 aromatic carbocycles. The van der Waals surface area contributed by atoms with Crippen LogP contribution in [0.2, 0.25) is 0 Å². The van der Waals surface area contributed by atoms with Gasteiger partial charge in [0.15, 0.2) is 5.54 Å². The van der Waals surface area contributed by atoms with Crippen LogP contribution in [0.3, 0.4) is 0 Å². The molecule has 1 amide bonds. The van der Waals surface area contributed by atoms with Crippen LogP contribution >= 0.6 is 0 Å². The second-order valence-corrected chi connectivity index (χ2v) is 5.04. The zero-order chi connectivity index (χ0) is 17.0. The van der Waals surface area contributed by atoms with E-state index in [-0.39, 0.29) is 12.2 Å². The number of phenols is 1. The van der Waals surface area contributed by atoms with Gasteiger partial charge in [0, 0.05) is 23.5 Å². The van der Waals surface area contributed by atoms with Crippen molar-refractivity contribution in [2.24, 2.45) is 0 Å². The number of ether oxygens (including phenoxy) is 2. The van der Waals surface area contributed by atoms with E-state index < -0.39 is 24.3 Å². The minimum Gasteiger partial charge on any atom is -0.508 e. The van der Waals surface area contributed by atoms with Crippen molar-refractivity contribution in [2.45, 2.75) is 12.0 Å². The summed E-state index contributed by atoms with van der Waals surface area (Å²) in [6.07, 6.45) is 0.459. The second-order valence-electron chi connectivity index (χ2n) is 5.04. The van der Waals surface area contributed by atoms with Crippen LogP contribution in [0.5, 0.6) is 5.75 Å². The van der Waals surface area contributed by atoms with Gasteiger partial charge in [0.25, 0.3) is 0 Å². The van der Waals surface area contributed by atoms with E-state index in [1.807, 2.05) is 0 Å². The van der Waals surface area contributed by atoms with Gasteiger partial charge in [-0.05, 0) is 23.8 Å². The summed E-state index contributed by atoms with van der Waals surface area (Å²) in [5, 5.41) is 12.4. The number of amides is 1. The first-order chi connectivity index (χ1) is 11.0. The van der Waals surface area contributed by atoms with Crippen LogP contribution in [0, 0.1) is 0 Å². The molecule has 0 aliphatic heterocycles. The number of hydrogen-bond donors (Lipinski definition) is 3. The van der Waals surface area contributed by atoms with Crippen molar-refractivity contribution in [1.29, 1.82) is 0 Å². The summed E-state index contributed by atoms with van der Waals surface area (Å²) in [4.78, 5) is 26.5. The molecule has 8 heteroatoms. The number of halogens is 1. The summed E-state index contributed by atoms with van der Waals surface area (Å²) < 4.78 is 22.8. The molecule has 0 bridgehead atoms. The molecule has 1 aromatic heterocycles. The van der Waals surface area contributed by atoms with Crippen molar-refractivity contribution >= 4 is 23.0 Å². The maximum Gasteiger partial charge on any atom is 0.407 e. The first kappa shape index (κ1) is 16.6. The molecule has 2 rings (SSSR count). The highest BCUT2D eigenvalue weighted by Crippen LogP contribution is 2.27. The summed E-state index contributed by atoms with van der Waals surface area (Å²) in [7, 11) is 2.21. The third-order valence-corrected chi connectivity index (χ3v) is 3.57. The standard InChI is InChI=1S/C15H17FN2O5/c1-22-13(20)15(8-16,18-14(21)23-2)6-9-7-17-12-4-3-10(19)5-11(9)12/h3-5,7,17,19H,6,8H2,1-2H3,(H,18,21)/t15-/m0/s1. The number of rotatable bonds is 5. The van der Waals surface area contributed by atoms with Crippen LogP contribution in [0.1, 0.15) is 5.56 Å². The van der Waals surface area contributed by atoms with E-state index in [0.29, 0.717) is 16.5 Å². The smallest absolute Gasteiger partial charge is 0.407 e. The van der Waals surface area contributed by atoms with Crippen LogP contribution in [0.25, 0.3) is 10.9 Å². The van der Waals surface area contributed by atoms with Gasteiger partial charge in [-0.3, -0.25) is 0 Å². The van der Waals surface area contributed by atoms with Crippen LogP contribution in [0.4, 0.5) is 9.18 Å². The third-order valence-electron chi connectivity index (χ3n) is 3.57. The number of fused-ring (bicyclic) bond motifs is 1. The zero-order valence-corrected chi connectivity index (χ0v) is 12.7. The molecular weight excluding hydrogens is 307 g/mol. The molecule has 7 nitrogen and oxygen atoms in total. The van der Waals surface area contributed by atoms with Crippen molar-refractivity contribution in [2.75, 3.05) is 20.9 Å². The quantitative estimate of drug-likeness (QED) is 0.726. The Hall–Kier alpha value is -2.77. The maximum absolute atomic E-state index is 13.7. The summed E-state index contributed by atoms with van der Waals surface area (Å²) in [6.45, 7) is -1.18. The van der Waals surface area contributed by atoms with Crippen LogP contribution in [-0.4, -0.2) is 48.6 Å². The molecule has 2 aromatic rings. The number of H-pyrrole nitrogens is 1. The van der Waals surface area contributed by atoms with E-state index in [1.165, 1.54) is 12.1 Å². The Morgan fingerprint density at radius 2 is 2.09 bits per heavy atom. The van der Waals surface area contributed by atoms with E-state index >= 15 is 0 Å². The van der Waals surface area contributed by atoms with Gasteiger partial charge in [0.2, 0.25) is 0 Å². The molecule has 0 fully saturated rings. The molecule has 0 aliphatic rings. The van der Waals surface area contributed by atoms with Crippen molar-refractivity contribution in [1.82, 2.24) is 10.3 Å². The van der Waals surface area contributed by atoms with Gasteiger partial charge < -0.3 is 24.9 Å². The molecule has 0 saturated carbocycles. The number of aromatic hydroxyl groups is 1. The topological polar surface area (TPSA) is 101 Å². The second kappa shape index (κ2) is 6.55. The largest absolute Gasteiger partial charge is 0.508 e. The summed E-state index contributed by atoms with van der Waals surface area (Å²) in [5.41, 5.74) is -0.675. The number of nitrogens with one attached hydrogen (secondary N) is 2. The van der Waals surface area contributed by atoms with Crippen molar-refractivity contribution in [3.8, 4) is 5.75 Å². The molecule has 0 saturated heterocycles. The minimum atomic E-state index is -1.91. The van der Waals surface area contributed by atoms with Gasteiger partial charge in [0.1, 0.15) is 12.4 Å². The Kier molecular flexibility index (Phi) is 4.73. The Morgan fingerprint density at radius 3 is 2.70 bits per heavy atom. The van der Waals surface area contributed by atoms with Gasteiger partial charge >= 0.3 is 12.1 Å². The fourth-order valence-electron chi connectivity index (χ4n) is 2.38. The molecule has 0 unspecified atom stereocenters. The highest BCUT2D eigenvalue weighted by atomic mass is 19.1. The molecule has 0 spiro atoms. The average Bonchev–Trinajstić information content (AvgIpc) is 2.95. The predicted octanol–water partition coefficient (Wildman–Crippen LogP) is 1.65. The SMILES string of the molecule is COC(=O)N[C@](CF)(Cc1c[nH]c2ccc(O)cc12)C(=O)OC. The third kappa shape index (κ3) is 3.20. The maximum atomic E-state index is 13.7. The predicted molar refractivity (Wildman–Crippen MR) is 79.9 cm³/mol. The van der Waals surface area contributed by atoms with E-state index in [4.69, 9.17) is 0 Å². The summed E-state index contributed by atoms with van der Waals surface area (Å²) >= 11 is 0. The Bertz CT molecular complexity index is 730. The number of phenolic OH excluding ortho intramolecular Hbond substituents is 1. The van der Waals surface area contributed by atoms with Crippen LogP contribution < -0.4 is 5.32 Å². The van der Waals surface area contributed by atoms with E-state index in [2.05, 4.69) is 19.8 Å². The van der Waals surface area contributed by atoms with Gasteiger partial charge in [-0.1, -0.05) is 0 Å². The summed E-state index contributed by atoms with van der Waals surface area (Å²) in [5.74, 6) is -0.900. The average molecular weight is 324 g/mol. The number of alkyl carbamates (subject to hydrolysis) is 1. The van der Waals surface area contributed by atoms with Crippen LogP contribution in [-0.2, 0) is 20.7 Å². The molecule has 124 valence electrons. The molecule has 23 heavy (non-hydrogen) atoms. The van der Waals surface area contributed by atoms with Gasteiger partial charge in [0.05, 0.1) is 14.2 Å². The Labute approximate surface area is 131 Å².